The Bertz CT molecular complexity index is 1690. The Hall–Kier alpha value is -3.62. The number of ketones is 1. The molecule has 262 valence electrons. The van der Waals surface area contributed by atoms with Gasteiger partial charge in [0, 0.05) is 39.0 Å². The number of hydrogen-bond donors (Lipinski definition) is 2. The second-order valence-electron chi connectivity index (χ2n) is 15.7. The number of ether oxygens (including phenoxy) is 3. The van der Waals surface area contributed by atoms with Gasteiger partial charge in [-0.25, -0.2) is 4.79 Å². The lowest BCUT2D eigenvalue weighted by Gasteiger charge is -2.71. The normalized spacial score (nSPS) is 37.0. The smallest absolute Gasteiger partial charge is 0.410 e. The predicted octanol–water partition coefficient (Wildman–Crippen LogP) is 7.14. The molecule has 0 saturated heterocycles. The fourth-order valence-corrected chi connectivity index (χ4v) is 11.2. The van der Waals surface area contributed by atoms with Crippen LogP contribution in [0.1, 0.15) is 81.6 Å². The molecule has 1 amide bonds. The third kappa shape index (κ3) is 4.84. The summed E-state index contributed by atoms with van der Waals surface area (Å²) in [5.74, 6) is 1.44. The van der Waals surface area contributed by atoms with E-state index in [1.54, 1.807) is 32.1 Å². The van der Waals surface area contributed by atoms with Crippen LogP contribution >= 0.6 is 0 Å². The first-order valence-corrected chi connectivity index (χ1v) is 18.0. The van der Waals surface area contributed by atoms with Gasteiger partial charge in [0.1, 0.15) is 11.5 Å². The van der Waals surface area contributed by atoms with Crippen molar-refractivity contribution in [3.63, 3.8) is 0 Å². The van der Waals surface area contributed by atoms with Crippen LogP contribution in [-0.2, 0) is 11.3 Å². The molecule has 3 fully saturated rings. The third-order valence-corrected chi connectivity index (χ3v) is 13.8. The van der Waals surface area contributed by atoms with Crippen LogP contribution in [0.15, 0.2) is 72.3 Å². The molecule has 49 heavy (non-hydrogen) atoms. The van der Waals surface area contributed by atoms with E-state index in [-0.39, 0.29) is 42.7 Å². The molecule has 6 aliphatic carbocycles. The highest BCUT2D eigenvalue weighted by Gasteiger charge is 2.74. The first-order valence-electron chi connectivity index (χ1n) is 18.0. The zero-order valence-electron chi connectivity index (χ0n) is 29.5. The lowest BCUT2D eigenvalue weighted by Crippen LogP contribution is -2.67. The van der Waals surface area contributed by atoms with Crippen LogP contribution < -0.4 is 9.47 Å². The van der Waals surface area contributed by atoms with Gasteiger partial charge in [-0.05, 0) is 81.3 Å². The predicted molar refractivity (Wildman–Crippen MR) is 186 cm³/mol. The molecule has 0 radical (unpaired) electrons. The summed E-state index contributed by atoms with van der Waals surface area (Å²) in [6, 6.07) is 15.0. The van der Waals surface area contributed by atoms with Crippen molar-refractivity contribution < 1.29 is 34.0 Å². The maximum absolute atomic E-state index is 14.7. The SMILES string of the molecule is CCOC(=O)N(Cc1ccc(OC)cc1OC)C[C@]1(O)CC[C@H]2[C@]34C=C[C@@]5(C=C3C(=O)c3ccccc3)CC(O)CC[C@]5(C)[C@H]4CC[C@@]21C. The Morgan fingerprint density at radius 3 is 2.35 bits per heavy atom. The average molecular weight is 670 g/mol. The highest BCUT2D eigenvalue weighted by Crippen LogP contribution is 2.78. The maximum atomic E-state index is 14.7. The van der Waals surface area contributed by atoms with Gasteiger partial charge in [-0.15, -0.1) is 0 Å². The van der Waals surface area contributed by atoms with E-state index in [9.17, 15) is 19.8 Å². The number of carbonyl (C=O) groups excluding carboxylic acids is 2. The number of rotatable bonds is 9. The first kappa shape index (κ1) is 33.9. The number of carbonyl (C=O) groups is 2. The number of nitrogens with zero attached hydrogens (tertiary/aromatic N) is 1. The fourth-order valence-electron chi connectivity index (χ4n) is 11.2. The molecule has 8 rings (SSSR count). The molecule has 2 N–H and O–H groups in total. The molecule has 2 spiro atoms. The van der Waals surface area contributed by atoms with Crippen LogP contribution in [0, 0.1) is 33.5 Å². The molecule has 8 atom stereocenters. The van der Waals surface area contributed by atoms with Gasteiger partial charge in [0.25, 0.3) is 0 Å². The summed E-state index contributed by atoms with van der Waals surface area (Å²) in [4.78, 5) is 29.9. The van der Waals surface area contributed by atoms with E-state index in [0.29, 0.717) is 29.9 Å². The summed E-state index contributed by atoms with van der Waals surface area (Å²) < 4.78 is 16.6. The van der Waals surface area contributed by atoms with Crippen molar-refractivity contribution in [3.05, 3.63) is 83.5 Å². The summed E-state index contributed by atoms with van der Waals surface area (Å²) in [5.41, 5.74) is -0.635. The van der Waals surface area contributed by atoms with E-state index in [4.69, 9.17) is 14.2 Å². The van der Waals surface area contributed by atoms with Crippen molar-refractivity contribution in [1.29, 1.82) is 0 Å². The van der Waals surface area contributed by atoms with Crippen LogP contribution in [0.5, 0.6) is 11.5 Å². The first-order chi connectivity index (χ1) is 23.4. The van der Waals surface area contributed by atoms with Gasteiger partial charge in [-0.3, -0.25) is 4.79 Å². The van der Waals surface area contributed by atoms with E-state index in [1.165, 1.54) is 0 Å². The van der Waals surface area contributed by atoms with Gasteiger partial charge in [0.15, 0.2) is 5.78 Å². The largest absolute Gasteiger partial charge is 0.497 e. The van der Waals surface area contributed by atoms with E-state index < -0.39 is 34.0 Å². The van der Waals surface area contributed by atoms with Crippen molar-refractivity contribution in [2.24, 2.45) is 33.5 Å². The number of allylic oxidation sites excluding steroid dienone is 4. The minimum atomic E-state index is -1.23. The quantitative estimate of drug-likeness (QED) is 0.216. The molecule has 2 bridgehead atoms. The standard InChI is InChI=1S/C41H51NO7/c1-6-49-36(45)42(25-28-12-13-30(47-4)22-32(28)48-5)26-40(46)19-16-34-38(40,3)18-15-33-37(2)17-14-29(43)23-39(37)20-21-41(33,34)31(24-39)35(44)27-10-8-7-9-11-27/h7-13,20-22,24,29,33-34,43,46H,6,14-19,23,25-26H2,1-5H3/t29?,33-,34-,37-,38+,39+,40-,41-/m1/s1. The van der Waals surface area contributed by atoms with Gasteiger partial charge >= 0.3 is 6.09 Å². The van der Waals surface area contributed by atoms with Gasteiger partial charge in [0.2, 0.25) is 0 Å². The Labute approximate surface area is 290 Å². The zero-order chi connectivity index (χ0) is 34.8. The van der Waals surface area contributed by atoms with Gasteiger partial charge in [-0.1, -0.05) is 62.4 Å². The molecule has 8 nitrogen and oxygen atoms in total. The second-order valence-corrected chi connectivity index (χ2v) is 15.7. The van der Waals surface area contributed by atoms with Crippen LogP contribution in [0.25, 0.3) is 0 Å². The Morgan fingerprint density at radius 2 is 1.63 bits per heavy atom. The molecule has 0 heterocycles. The summed E-state index contributed by atoms with van der Waals surface area (Å²) in [7, 11) is 3.19. The summed E-state index contributed by atoms with van der Waals surface area (Å²) in [5, 5.41) is 23.9. The van der Waals surface area contributed by atoms with Crippen molar-refractivity contribution in [3.8, 4) is 11.5 Å². The Balaban J connectivity index is 1.29. The number of aliphatic hydroxyl groups excluding tert-OH is 1. The topological polar surface area (TPSA) is 106 Å². The van der Waals surface area contributed by atoms with Crippen molar-refractivity contribution in [2.75, 3.05) is 27.4 Å². The fraction of sp³-hybridized carbons (Fsp3) is 0.561. The number of fused-ring (bicyclic) bond motifs is 1. The van der Waals surface area contributed by atoms with E-state index in [2.05, 4.69) is 32.1 Å². The minimum Gasteiger partial charge on any atom is -0.497 e. The summed E-state index contributed by atoms with van der Waals surface area (Å²) in [6.07, 6.45) is 11.1. The molecule has 0 aromatic heterocycles. The molecule has 3 saturated carbocycles. The number of methoxy groups -OCH3 is 2. The van der Waals surface area contributed by atoms with E-state index in [1.807, 2.05) is 42.5 Å². The summed E-state index contributed by atoms with van der Waals surface area (Å²) >= 11 is 0. The monoisotopic (exact) mass is 669 g/mol. The molecule has 2 aromatic carbocycles. The van der Waals surface area contributed by atoms with Crippen molar-refractivity contribution >= 4 is 11.9 Å². The van der Waals surface area contributed by atoms with Crippen LogP contribution in [-0.4, -0.2) is 66.1 Å². The van der Waals surface area contributed by atoms with Gasteiger partial charge in [-0.2, -0.15) is 0 Å². The average Bonchev–Trinajstić information content (AvgIpc) is 3.38. The molecule has 0 aliphatic heterocycles. The number of benzene rings is 2. The molecule has 6 aliphatic rings. The van der Waals surface area contributed by atoms with Crippen LogP contribution in [0.3, 0.4) is 0 Å². The Kier molecular flexibility index (Phi) is 8.30. The van der Waals surface area contributed by atoms with Gasteiger partial charge in [0.05, 0.1) is 45.6 Å². The number of amides is 1. The number of hydrogen-bond acceptors (Lipinski definition) is 7. The highest BCUT2D eigenvalue weighted by atomic mass is 16.6. The lowest BCUT2D eigenvalue weighted by atomic mass is 9.32. The van der Waals surface area contributed by atoms with Crippen molar-refractivity contribution in [2.45, 2.75) is 84.0 Å². The van der Waals surface area contributed by atoms with E-state index >= 15 is 0 Å². The van der Waals surface area contributed by atoms with Crippen LogP contribution in [0.4, 0.5) is 4.79 Å². The molecular formula is C41H51NO7. The second kappa shape index (κ2) is 12.0. The van der Waals surface area contributed by atoms with Crippen molar-refractivity contribution in [1.82, 2.24) is 4.90 Å². The number of Topliss-reactive ketones (excluding diaryl/α,β-unsaturated/α-hetero) is 1. The highest BCUT2D eigenvalue weighted by molar-refractivity contribution is 6.10. The number of aliphatic hydroxyl groups is 2. The lowest BCUT2D eigenvalue weighted by molar-refractivity contribution is -0.175. The van der Waals surface area contributed by atoms with Crippen LogP contribution in [0.2, 0.25) is 0 Å². The molecular weight excluding hydrogens is 618 g/mol. The maximum Gasteiger partial charge on any atom is 0.410 e. The Morgan fingerprint density at radius 1 is 0.918 bits per heavy atom. The van der Waals surface area contributed by atoms with Gasteiger partial charge < -0.3 is 29.3 Å². The summed E-state index contributed by atoms with van der Waals surface area (Å²) in [6.45, 7) is 6.87. The minimum absolute atomic E-state index is 0.0274. The molecule has 2 aromatic rings. The molecule has 1 unspecified atom stereocenters. The van der Waals surface area contributed by atoms with E-state index in [0.717, 1.165) is 43.2 Å². The zero-order valence-corrected chi connectivity index (χ0v) is 29.5. The molecule has 8 heteroatoms. The third-order valence-electron chi connectivity index (χ3n) is 13.8.